The van der Waals surface area contributed by atoms with Gasteiger partial charge in [0, 0.05) is 31.3 Å². The minimum Gasteiger partial charge on any atom is -0.289 e. The van der Waals surface area contributed by atoms with E-state index < -0.39 is 0 Å². The van der Waals surface area contributed by atoms with E-state index in [1.807, 2.05) is 34.8 Å². The number of unbranched alkanes of at least 4 members (excludes halogenated alkanes) is 28. The molecule has 0 saturated heterocycles. The first kappa shape index (κ1) is 63.0. The van der Waals surface area contributed by atoms with Crippen molar-refractivity contribution in [2.24, 2.45) is 11.8 Å². The zero-order valence-electron chi connectivity index (χ0n) is 49.2. The smallest absolute Gasteiger partial charge is 0.194 e. The van der Waals surface area contributed by atoms with Crippen LogP contribution in [0.5, 0.6) is 0 Å². The standard InChI is InChI=1S/C72H100Br2O2S2/c1-5-9-13-17-21-23-25-27-31-35-39-53(37-33-29-19-15-11-7-3)45-57-49-67(73)77-71(57)55-41-43-59-61-51-66-62(52-65(61)69(75)63(59)47-55)60-44-42-56(48-64(60)70(66)76)72-58(50-68(74)78-72)46-54(38-34-30-20-16-12-8-4)40-36-32-28-26-24-22-18-14-10-6-2/h41-44,47-54H,5-40,45-46H2,1-4H3. The van der Waals surface area contributed by atoms with Crippen LogP contribution in [0.15, 0.2) is 77.8 Å². The van der Waals surface area contributed by atoms with E-state index in [0.717, 1.165) is 74.6 Å². The Balaban J connectivity index is 1.07. The number of halogens is 2. The van der Waals surface area contributed by atoms with Crippen LogP contribution in [0.1, 0.15) is 270 Å². The minimum absolute atomic E-state index is 0.0719. The number of hydrogen-bond acceptors (Lipinski definition) is 4. The summed E-state index contributed by atoms with van der Waals surface area (Å²) in [5.74, 6) is 1.35. The second-order valence-electron chi connectivity index (χ2n) is 24.1. The monoisotopic (exact) mass is 1220 g/mol. The average molecular weight is 1220 g/mol. The molecule has 5 aromatic carbocycles. The van der Waals surface area contributed by atoms with Gasteiger partial charge < -0.3 is 0 Å². The van der Waals surface area contributed by atoms with Gasteiger partial charge in [0.05, 0.1) is 7.57 Å². The van der Waals surface area contributed by atoms with Crippen molar-refractivity contribution in [1.82, 2.24) is 0 Å². The van der Waals surface area contributed by atoms with E-state index in [2.05, 4.69) is 108 Å². The Hall–Kier alpha value is -2.64. The van der Waals surface area contributed by atoms with E-state index in [1.165, 1.54) is 252 Å². The van der Waals surface area contributed by atoms with Crippen LogP contribution in [0.25, 0.3) is 64.0 Å². The predicted molar refractivity (Wildman–Crippen MR) is 357 cm³/mol. The fourth-order valence-electron chi connectivity index (χ4n) is 13.1. The highest BCUT2D eigenvalue weighted by molar-refractivity contribution is 9.11. The first-order valence-electron chi connectivity index (χ1n) is 32.4. The normalized spacial score (nSPS) is 12.9. The second-order valence-corrected chi connectivity index (χ2v) is 29.0. The lowest BCUT2D eigenvalue weighted by Gasteiger charge is -2.18. The molecule has 426 valence electrons. The van der Waals surface area contributed by atoms with Crippen molar-refractivity contribution in [1.29, 1.82) is 0 Å². The molecule has 7 aromatic rings. The summed E-state index contributed by atoms with van der Waals surface area (Å²) in [4.78, 5) is 31.7. The summed E-state index contributed by atoms with van der Waals surface area (Å²) >= 11 is 11.4. The Bertz CT molecular complexity index is 2730. The lowest BCUT2D eigenvalue weighted by molar-refractivity contribution is 0.400. The van der Waals surface area contributed by atoms with Gasteiger partial charge in [-0.15, -0.1) is 22.7 Å². The van der Waals surface area contributed by atoms with Crippen LogP contribution in [0.4, 0.5) is 0 Å². The Morgan fingerprint density at radius 1 is 0.321 bits per heavy atom. The summed E-state index contributed by atoms with van der Waals surface area (Å²) in [6.45, 7) is 9.21. The van der Waals surface area contributed by atoms with Gasteiger partial charge in [-0.2, -0.15) is 0 Å². The first-order chi connectivity index (χ1) is 38.2. The van der Waals surface area contributed by atoms with Gasteiger partial charge in [-0.3, -0.25) is 9.59 Å². The van der Waals surface area contributed by atoms with E-state index in [-0.39, 0.29) is 10.9 Å². The fourth-order valence-corrected chi connectivity index (χ4v) is 16.4. The summed E-state index contributed by atoms with van der Waals surface area (Å²) < 4.78 is 2.32. The Labute approximate surface area is 498 Å². The maximum atomic E-state index is 14.6. The zero-order chi connectivity index (χ0) is 54.9. The van der Waals surface area contributed by atoms with E-state index in [1.54, 1.807) is 0 Å². The molecule has 2 unspecified atom stereocenters. The lowest BCUT2D eigenvalue weighted by Crippen LogP contribution is -2.06. The third-order valence-corrected chi connectivity index (χ3v) is 21.2. The molecular formula is C72H100Br2O2S2. The molecule has 0 aliphatic carbocycles. The molecule has 0 radical (unpaired) electrons. The topological polar surface area (TPSA) is 34.1 Å². The minimum atomic E-state index is 0.0719. The van der Waals surface area contributed by atoms with Gasteiger partial charge in [-0.1, -0.05) is 283 Å². The third kappa shape index (κ3) is 18.7. The molecule has 78 heavy (non-hydrogen) atoms. The molecule has 0 N–H and O–H groups in total. The lowest BCUT2D eigenvalue weighted by atomic mass is 9.88. The van der Waals surface area contributed by atoms with Crippen molar-refractivity contribution in [3.8, 4) is 20.9 Å². The Kier molecular flexibility index (Phi) is 28.0. The van der Waals surface area contributed by atoms with Gasteiger partial charge in [0.1, 0.15) is 0 Å². The van der Waals surface area contributed by atoms with Crippen LogP contribution in [0.2, 0.25) is 0 Å². The Morgan fingerprint density at radius 3 is 0.885 bits per heavy atom. The molecular weight excluding hydrogens is 1120 g/mol. The van der Waals surface area contributed by atoms with Gasteiger partial charge in [-0.25, -0.2) is 0 Å². The summed E-state index contributed by atoms with van der Waals surface area (Å²) in [6, 6.07) is 21.9. The van der Waals surface area contributed by atoms with Gasteiger partial charge in [0.2, 0.25) is 0 Å². The molecule has 0 fully saturated rings. The zero-order valence-corrected chi connectivity index (χ0v) is 54.0. The van der Waals surface area contributed by atoms with Crippen molar-refractivity contribution in [3.05, 3.63) is 99.8 Å². The third-order valence-electron chi connectivity index (χ3n) is 17.7. The maximum absolute atomic E-state index is 14.6. The highest BCUT2D eigenvalue weighted by Crippen LogP contribution is 2.43. The van der Waals surface area contributed by atoms with Crippen molar-refractivity contribution in [2.45, 2.75) is 272 Å². The summed E-state index contributed by atoms with van der Waals surface area (Å²) in [5, 5.41) is 6.66. The summed E-state index contributed by atoms with van der Waals surface area (Å²) in [6.07, 6.45) is 51.0. The van der Waals surface area contributed by atoms with Gasteiger partial charge in [-0.05, 0) is 137 Å². The highest BCUT2D eigenvalue weighted by atomic mass is 79.9. The number of fused-ring (bicyclic) bond motifs is 6. The fraction of sp³-hybridized carbons (Fsp3) is 0.611. The molecule has 0 aliphatic heterocycles. The Morgan fingerprint density at radius 2 is 0.590 bits per heavy atom. The summed E-state index contributed by atoms with van der Waals surface area (Å²) in [5.41, 5.74) is 5.23. The maximum Gasteiger partial charge on any atom is 0.194 e. The second kappa shape index (κ2) is 34.7. The SMILES string of the molecule is CCCCCCCCCCCCC(CCCCCCCC)Cc1cc(Br)sc1-c1ccc2c(c1)c(=O)c1cc3c(cc12)c(=O)c1cc(-c2sc(Br)cc2CC(CCCCCCCC)CCCCCCCCCCCC)ccc13. The van der Waals surface area contributed by atoms with Crippen LogP contribution in [0, 0.1) is 11.8 Å². The number of hydrogen-bond donors (Lipinski definition) is 0. The average Bonchev–Trinajstić information content (AvgIpc) is 4.38. The number of thiophene rings is 2. The molecule has 2 nitrogen and oxygen atoms in total. The molecule has 6 heteroatoms. The van der Waals surface area contributed by atoms with Crippen LogP contribution >= 0.6 is 54.5 Å². The molecule has 0 saturated carbocycles. The largest absolute Gasteiger partial charge is 0.289 e. The summed E-state index contributed by atoms with van der Waals surface area (Å²) in [7, 11) is 0. The van der Waals surface area contributed by atoms with Crippen molar-refractivity contribution >= 4 is 97.6 Å². The van der Waals surface area contributed by atoms with Crippen LogP contribution in [0.3, 0.4) is 0 Å². The van der Waals surface area contributed by atoms with E-state index in [0.29, 0.717) is 11.8 Å². The molecule has 7 rings (SSSR count). The van der Waals surface area contributed by atoms with Crippen LogP contribution in [-0.2, 0) is 12.8 Å². The van der Waals surface area contributed by atoms with Crippen LogP contribution < -0.4 is 10.9 Å². The quantitative estimate of drug-likeness (QED) is 0.0357. The molecule has 2 atom stereocenters. The van der Waals surface area contributed by atoms with Gasteiger partial charge >= 0.3 is 0 Å². The van der Waals surface area contributed by atoms with Crippen molar-refractivity contribution in [2.75, 3.05) is 0 Å². The number of benzene rings is 3. The van der Waals surface area contributed by atoms with Crippen molar-refractivity contribution in [3.63, 3.8) is 0 Å². The molecule has 0 spiro atoms. The highest BCUT2D eigenvalue weighted by Gasteiger charge is 2.22. The van der Waals surface area contributed by atoms with Crippen molar-refractivity contribution < 1.29 is 0 Å². The number of rotatable bonds is 42. The first-order valence-corrected chi connectivity index (χ1v) is 35.6. The van der Waals surface area contributed by atoms with Gasteiger partial charge in [0.15, 0.2) is 10.9 Å². The van der Waals surface area contributed by atoms with E-state index >= 15 is 0 Å². The van der Waals surface area contributed by atoms with E-state index in [4.69, 9.17) is 0 Å². The molecule has 2 aromatic heterocycles. The van der Waals surface area contributed by atoms with Gasteiger partial charge in [0.25, 0.3) is 0 Å². The molecule has 2 heterocycles. The molecule has 0 aliphatic rings. The van der Waals surface area contributed by atoms with E-state index in [9.17, 15) is 9.59 Å². The molecule has 0 bridgehead atoms. The molecule has 0 amide bonds. The van der Waals surface area contributed by atoms with Crippen LogP contribution in [-0.4, -0.2) is 0 Å². The predicted octanol–water partition coefficient (Wildman–Crippen LogP) is 25.3.